The van der Waals surface area contributed by atoms with Gasteiger partial charge in [0.05, 0.1) is 0 Å². The molecule has 7 heteroatoms. The van der Waals surface area contributed by atoms with Crippen LogP contribution < -0.4 is 0 Å². The number of nitrogens with zero attached hydrogens (tertiary/aromatic N) is 5. The van der Waals surface area contributed by atoms with Crippen LogP contribution >= 0.6 is 0 Å². The van der Waals surface area contributed by atoms with Crippen molar-refractivity contribution < 1.29 is 9.59 Å². The molecule has 0 spiro atoms. The van der Waals surface area contributed by atoms with Crippen LogP contribution in [0.15, 0.2) is 35.4 Å². The molecule has 0 saturated heterocycles. The number of benzene rings is 2. The van der Waals surface area contributed by atoms with Gasteiger partial charge in [-0.2, -0.15) is 0 Å². The van der Waals surface area contributed by atoms with E-state index in [1.165, 1.54) is 4.90 Å². The first-order valence-electron chi connectivity index (χ1n) is 7.66. The predicted molar refractivity (Wildman–Crippen MR) is 91.3 cm³/mol. The molecule has 0 radical (unpaired) electrons. The zero-order valence-electron chi connectivity index (χ0n) is 13.6. The number of hydrogen-bond acceptors (Lipinski definition) is 4. The molecule has 0 saturated carbocycles. The summed E-state index contributed by atoms with van der Waals surface area (Å²) in [6.45, 7) is 1.17. The van der Waals surface area contributed by atoms with Gasteiger partial charge in [-0.05, 0) is 50.1 Å². The molecule has 0 aromatic heterocycles. The van der Waals surface area contributed by atoms with Gasteiger partial charge in [0, 0.05) is 33.7 Å². The van der Waals surface area contributed by atoms with Gasteiger partial charge in [0.15, 0.2) is 0 Å². The highest BCUT2D eigenvalue weighted by Gasteiger charge is 2.32. The Morgan fingerprint density at radius 1 is 1.12 bits per heavy atom. The van der Waals surface area contributed by atoms with Crippen molar-refractivity contribution >= 4 is 28.3 Å². The monoisotopic (exact) mass is 323 g/mol. The number of hydrogen-bond donors (Lipinski definition) is 0. The van der Waals surface area contributed by atoms with E-state index in [1.807, 2.05) is 19.0 Å². The first-order chi connectivity index (χ1) is 11.5. The first-order valence-corrected chi connectivity index (χ1v) is 7.66. The van der Waals surface area contributed by atoms with E-state index in [0.29, 0.717) is 40.6 Å². The van der Waals surface area contributed by atoms with Gasteiger partial charge < -0.3 is 4.90 Å². The Kier molecular flexibility index (Phi) is 4.20. The highest BCUT2D eigenvalue weighted by atomic mass is 16.2. The number of rotatable bonds is 5. The maximum Gasteiger partial charge on any atom is 0.261 e. The summed E-state index contributed by atoms with van der Waals surface area (Å²) in [4.78, 5) is 31.6. The second kappa shape index (κ2) is 6.31. The van der Waals surface area contributed by atoms with Crippen molar-refractivity contribution in [1.82, 2.24) is 9.80 Å². The van der Waals surface area contributed by atoms with E-state index < -0.39 is 0 Å². The van der Waals surface area contributed by atoms with Crippen LogP contribution in [0.5, 0.6) is 0 Å². The van der Waals surface area contributed by atoms with Gasteiger partial charge in [0.2, 0.25) is 0 Å². The molecule has 0 fully saturated rings. The zero-order chi connectivity index (χ0) is 17.3. The van der Waals surface area contributed by atoms with Crippen LogP contribution in [-0.4, -0.2) is 48.8 Å². The summed E-state index contributed by atoms with van der Waals surface area (Å²) in [5.41, 5.74) is 10.1. The number of imide groups is 1. The minimum absolute atomic E-state index is 0.296. The van der Waals surface area contributed by atoms with Crippen LogP contribution in [0.25, 0.3) is 21.2 Å². The Balaban J connectivity index is 2.08. The fourth-order valence-corrected chi connectivity index (χ4v) is 3.01. The lowest BCUT2D eigenvalue weighted by Gasteiger charge is -2.28. The molecule has 24 heavy (non-hydrogen) atoms. The minimum Gasteiger partial charge on any atom is -0.309 e. The van der Waals surface area contributed by atoms with Crippen LogP contribution in [-0.2, 0) is 0 Å². The molecule has 0 unspecified atom stereocenters. The lowest BCUT2D eigenvalue weighted by atomic mass is 9.93. The van der Waals surface area contributed by atoms with E-state index in [9.17, 15) is 9.59 Å². The summed E-state index contributed by atoms with van der Waals surface area (Å²) in [5.74, 6) is -0.593. The van der Waals surface area contributed by atoms with Crippen molar-refractivity contribution in [3.63, 3.8) is 0 Å². The van der Waals surface area contributed by atoms with Crippen molar-refractivity contribution in [3.8, 4) is 0 Å². The Morgan fingerprint density at radius 2 is 1.83 bits per heavy atom. The Bertz CT molecular complexity index is 862. The minimum atomic E-state index is -0.296. The highest BCUT2D eigenvalue weighted by molar-refractivity contribution is 6.26. The highest BCUT2D eigenvalue weighted by Crippen LogP contribution is 2.35. The molecule has 1 aliphatic rings. The molecule has 122 valence electrons. The summed E-state index contributed by atoms with van der Waals surface area (Å²) in [6.07, 6.45) is 0.715. The van der Waals surface area contributed by atoms with E-state index >= 15 is 0 Å². The third kappa shape index (κ3) is 2.60. The van der Waals surface area contributed by atoms with E-state index in [-0.39, 0.29) is 11.8 Å². The predicted octanol–water partition coefficient (Wildman–Crippen LogP) is 3.33. The molecule has 2 aromatic rings. The average Bonchev–Trinajstić information content (AvgIpc) is 2.56. The molecule has 2 aromatic carbocycles. The second-order valence-corrected chi connectivity index (χ2v) is 5.97. The van der Waals surface area contributed by atoms with E-state index in [0.717, 1.165) is 6.54 Å². The van der Waals surface area contributed by atoms with Gasteiger partial charge in [0.1, 0.15) is 0 Å². The first kappa shape index (κ1) is 16.0. The van der Waals surface area contributed by atoms with E-state index in [1.54, 1.807) is 30.3 Å². The molecule has 0 bridgehead atoms. The number of carbonyl (C=O) groups is 2. The molecular formula is C17H17N5O2. The van der Waals surface area contributed by atoms with Crippen LogP contribution in [0.2, 0.25) is 0 Å². The van der Waals surface area contributed by atoms with Crippen LogP contribution in [0.4, 0.5) is 5.69 Å². The maximum atomic E-state index is 12.7. The van der Waals surface area contributed by atoms with Gasteiger partial charge >= 0.3 is 0 Å². The molecule has 3 rings (SSSR count). The summed E-state index contributed by atoms with van der Waals surface area (Å²) in [5, 5.41) is 4.85. The van der Waals surface area contributed by atoms with Crippen molar-refractivity contribution in [1.29, 1.82) is 0 Å². The van der Waals surface area contributed by atoms with Crippen molar-refractivity contribution in [2.75, 3.05) is 27.2 Å². The average molecular weight is 323 g/mol. The van der Waals surface area contributed by atoms with Gasteiger partial charge in [-0.1, -0.05) is 23.3 Å². The third-order valence-electron chi connectivity index (χ3n) is 4.11. The molecular weight excluding hydrogens is 306 g/mol. The fraction of sp³-hybridized carbons (Fsp3) is 0.294. The quantitative estimate of drug-likeness (QED) is 0.366. The van der Waals surface area contributed by atoms with Crippen LogP contribution in [0.3, 0.4) is 0 Å². The van der Waals surface area contributed by atoms with Crippen LogP contribution in [0, 0.1) is 0 Å². The molecule has 0 N–H and O–H groups in total. The van der Waals surface area contributed by atoms with Gasteiger partial charge in [-0.15, -0.1) is 0 Å². The molecule has 2 amide bonds. The summed E-state index contributed by atoms with van der Waals surface area (Å²) in [7, 11) is 3.90. The van der Waals surface area contributed by atoms with Crippen molar-refractivity contribution in [2.24, 2.45) is 5.11 Å². The van der Waals surface area contributed by atoms with E-state index in [2.05, 4.69) is 10.0 Å². The van der Waals surface area contributed by atoms with E-state index in [4.69, 9.17) is 5.53 Å². The standard InChI is InChI=1S/C17H17N5O2/c1-21(2)9-4-10-22-16(23)12-6-3-5-11-14(19-20-18)8-7-13(15(11)12)17(22)24/h3,5-8H,4,9-10H2,1-2H3. The smallest absolute Gasteiger partial charge is 0.261 e. The van der Waals surface area contributed by atoms with Gasteiger partial charge in [-0.3, -0.25) is 14.5 Å². The molecule has 0 aliphatic carbocycles. The summed E-state index contributed by atoms with van der Waals surface area (Å²) in [6, 6.07) is 8.45. The molecule has 7 nitrogen and oxygen atoms in total. The number of azide groups is 1. The van der Waals surface area contributed by atoms with Gasteiger partial charge in [-0.25, -0.2) is 0 Å². The summed E-state index contributed by atoms with van der Waals surface area (Å²) < 4.78 is 0. The second-order valence-electron chi connectivity index (χ2n) is 5.97. The molecule has 0 atom stereocenters. The number of amides is 2. The molecule has 1 aliphatic heterocycles. The lowest BCUT2D eigenvalue weighted by Crippen LogP contribution is -2.41. The van der Waals surface area contributed by atoms with Crippen LogP contribution in [0.1, 0.15) is 27.1 Å². The van der Waals surface area contributed by atoms with Crippen molar-refractivity contribution in [3.05, 3.63) is 51.9 Å². The lowest BCUT2D eigenvalue weighted by molar-refractivity contribution is 0.0606. The SMILES string of the molecule is CN(C)CCCN1C(=O)c2cccc3c(N=[N+]=[N-])ccc(c23)C1=O. The third-order valence-corrected chi connectivity index (χ3v) is 4.11. The number of carbonyl (C=O) groups excluding carboxylic acids is 2. The molecule has 1 heterocycles. The van der Waals surface area contributed by atoms with Gasteiger partial charge in [0.25, 0.3) is 11.8 Å². The summed E-state index contributed by atoms with van der Waals surface area (Å²) >= 11 is 0. The topological polar surface area (TPSA) is 89.4 Å². The zero-order valence-corrected chi connectivity index (χ0v) is 13.6. The Morgan fingerprint density at radius 3 is 2.50 bits per heavy atom. The maximum absolute atomic E-state index is 12.7. The largest absolute Gasteiger partial charge is 0.309 e. The fourth-order valence-electron chi connectivity index (χ4n) is 3.01. The normalized spacial score (nSPS) is 13.5. The van der Waals surface area contributed by atoms with Crippen molar-refractivity contribution in [2.45, 2.75) is 6.42 Å². The Hall–Kier alpha value is -2.89. The Labute approximate surface area is 139 Å².